The SMILES string of the molecule is COC(=O)C(/C=C/N=CCCCCC(=O)OC(C)(C)C)=C/C=C/N=Cc1ccc(F)cc1. The highest BCUT2D eigenvalue weighted by Crippen LogP contribution is 2.10. The molecule has 0 heterocycles. The van der Waals surface area contributed by atoms with Crippen LogP contribution >= 0.6 is 0 Å². The van der Waals surface area contributed by atoms with Gasteiger partial charge in [-0.2, -0.15) is 0 Å². The monoisotopic (exact) mass is 442 g/mol. The van der Waals surface area contributed by atoms with E-state index in [2.05, 4.69) is 9.98 Å². The van der Waals surface area contributed by atoms with Crippen molar-refractivity contribution in [1.82, 2.24) is 0 Å². The van der Waals surface area contributed by atoms with E-state index in [9.17, 15) is 14.0 Å². The number of unbranched alkanes of at least 4 members (excludes halogenated alkanes) is 2. The highest BCUT2D eigenvalue weighted by Gasteiger charge is 2.15. The standard InChI is InChI=1S/C25H31FN2O4/c1-25(2,3)32-23(29)10-6-5-7-16-27-18-15-21(24(30)31-4)9-8-17-28-19-20-11-13-22(26)14-12-20/h8-9,11-19H,5-7,10H2,1-4H3/b17-8+,18-15+,21-9+,27-16?,28-19?. The van der Waals surface area contributed by atoms with Gasteiger partial charge in [-0.25, -0.2) is 9.18 Å². The first kappa shape index (κ1) is 26.7. The first-order chi connectivity index (χ1) is 15.2. The third kappa shape index (κ3) is 13.1. The zero-order valence-corrected chi connectivity index (χ0v) is 19.1. The number of esters is 2. The van der Waals surface area contributed by atoms with Gasteiger partial charge >= 0.3 is 11.9 Å². The number of hydrogen-bond acceptors (Lipinski definition) is 6. The normalized spacial score (nSPS) is 13.0. The van der Waals surface area contributed by atoms with Gasteiger partial charge in [0.15, 0.2) is 0 Å². The molecule has 32 heavy (non-hydrogen) atoms. The van der Waals surface area contributed by atoms with Crippen LogP contribution in [0.3, 0.4) is 0 Å². The lowest BCUT2D eigenvalue weighted by atomic mass is 10.1. The van der Waals surface area contributed by atoms with Crippen LogP contribution in [0.2, 0.25) is 0 Å². The second-order valence-corrected chi connectivity index (χ2v) is 7.76. The molecule has 0 aliphatic rings. The molecule has 0 saturated carbocycles. The second-order valence-electron chi connectivity index (χ2n) is 7.76. The van der Waals surface area contributed by atoms with E-state index in [-0.39, 0.29) is 11.8 Å². The molecular weight excluding hydrogens is 411 g/mol. The molecule has 0 aromatic heterocycles. The van der Waals surface area contributed by atoms with Gasteiger partial charge in [0, 0.05) is 31.2 Å². The third-order valence-electron chi connectivity index (χ3n) is 3.79. The maximum absolute atomic E-state index is 12.9. The van der Waals surface area contributed by atoms with Crippen LogP contribution in [0.1, 0.15) is 52.0 Å². The summed E-state index contributed by atoms with van der Waals surface area (Å²) in [6, 6.07) is 5.93. The molecule has 0 aliphatic carbocycles. The van der Waals surface area contributed by atoms with Crippen molar-refractivity contribution in [2.45, 2.75) is 52.1 Å². The van der Waals surface area contributed by atoms with E-state index in [4.69, 9.17) is 9.47 Å². The van der Waals surface area contributed by atoms with Gasteiger partial charge < -0.3 is 9.47 Å². The number of nitrogens with zero attached hydrogens (tertiary/aromatic N) is 2. The Hall–Kier alpha value is -3.35. The van der Waals surface area contributed by atoms with E-state index in [1.165, 1.54) is 37.7 Å². The van der Waals surface area contributed by atoms with Crippen molar-refractivity contribution >= 4 is 24.4 Å². The molecule has 0 fully saturated rings. The summed E-state index contributed by atoms with van der Waals surface area (Å²) in [5.74, 6) is -1.00. The van der Waals surface area contributed by atoms with Gasteiger partial charge in [0.1, 0.15) is 11.4 Å². The van der Waals surface area contributed by atoms with E-state index in [0.717, 1.165) is 18.4 Å². The maximum Gasteiger partial charge on any atom is 0.337 e. The molecule has 1 rings (SSSR count). The summed E-state index contributed by atoms with van der Waals surface area (Å²) in [6.07, 6.45) is 13.6. The number of rotatable bonds is 11. The van der Waals surface area contributed by atoms with E-state index in [1.807, 2.05) is 20.8 Å². The second kappa shape index (κ2) is 14.6. The molecule has 6 nitrogen and oxygen atoms in total. The van der Waals surface area contributed by atoms with Crippen LogP contribution < -0.4 is 0 Å². The van der Waals surface area contributed by atoms with Crippen molar-refractivity contribution < 1.29 is 23.5 Å². The zero-order chi connectivity index (χ0) is 23.8. The molecule has 0 bridgehead atoms. The molecule has 0 spiro atoms. The Balaban J connectivity index is 2.46. The van der Waals surface area contributed by atoms with Crippen molar-refractivity contribution in [3.05, 3.63) is 71.8 Å². The van der Waals surface area contributed by atoms with E-state index in [1.54, 1.807) is 36.7 Å². The van der Waals surface area contributed by atoms with Crippen LogP contribution in [0.25, 0.3) is 0 Å². The lowest BCUT2D eigenvalue weighted by Crippen LogP contribution is -2.23. The summed E-state index contributed by atoms with van der Waals surface area (Å²) in [7, 11) is 1.30. The van der Waals surface area contributed by atoms with Gasteiger partial charge in [-0.3, -0.25) is 14.8 Å². The lowest BCUT2D eigenvalue weighted by Gasteiger charge is -2.19. The minimum Gasteiger partial charge on any atom is -0.465 e. The molecule has 7 heteroatoms. The fourth-order valence-corrected chi connectivity index (χ4v) is 2.34. The number of ether oxygens (including phenoxy) is 2. The van der Waals surface area contributed by atoms with Crippen molar-refractivity contribution in [3.63, 3.8) is 0 Å². The maximum atomic E-state index is 12.9. The average molecular weight is 443 g/mol. The molecule has 172 valence electrons. The van der Waals surface area contributed by atoms with Crippen molar-refractivity contribution in [2.75, 3.05) is 7.11 Å². The van der Waals surface area contributed by atoms with E-state index in [0.29, 0.717) is 18.4 Å². The predicted molar refractivity (Wildman–Crippen MR) is 125 cm³/mol. The Morgan fingerprint density at radius 2 is 1.78 bits per heavy atom. The Kier molecular flexibility index (Phi) is 12.2. The van der Waals surface area contributed by atoms with Crippen LogP contribution in [-0.2, 0) is 19.1 Å². The Morgan fingerprint density at radius 3 is 2.44 bits per heavy atom. The van der Waals surface area contributed by atoms with Gasteiger partial charge in [0.05, 0.1) is 12.7 Å². The van der Waals surface area contributed by atoms with Crippen molar-refractivity contribution in [3.8, 4) is 0 Å². The smallest absolute Gasteiger partial charge is 0.337 e. The molecule has 0 amide bonds. The van der Waals surface area contributed by atoms with E-state index >= 15 is 0 Å². The summed E-state index contributed by atoms with van der Waals surface area (Å²) in [5.41, 5.74) is 0.606. The first-order valence-electron chi connectivity index (χ1n) is 10.3. The minimum absolute atomic E-state index is 0.197. The van der Waals surface area contributed by atoms with Crippen LogP contribution in [0, 0.1) is 5.82 Å². The Bertz CT molecular complexity index is 876. The number of allylic oxidation sites excluding steroid dienone is 2. The number of methoxy groups -OCH3 is 1. The number of aliphatic imine (C=N–C) groups is 2. The van der Waals surface area contributed by atoms with Gasteiger partial charge in [0.2, 0.25) is 0 Å². The first-order valence-corrected chi connectivity index (χ1v) is 10.3. The molecule has 0 N–H and O–H groups in total. The number of halogens is 1. The quantitative estimate of drug-likeness (QED) is 0.152. The zero-order valence-electron chi connectivity index (χ0n) is 19.1. The van der Waals surface area contributed by atoms with Gasteiger partial charge in [0.25, 0.3) is 0 Å². The molecule has 0 atom stereocenters. The molecule has 1 aromatic rings. The molecule has 1 aromatic carbocycles. The highest BCUT2D eigenvalue weighted by atomic mass is 19.1. The molecular formula is C25H31FN2O4. The summed E-state index contributed by atoms with van der Waals surface area (Å²) >= 11 is 0. The average Bonchev–Trinajstić information content (AvgIpc) is 2.73. The minimum atomic E-state index is -0.499. The molecule has 0 aliphatic heterocycles. The van der Waals surface area contributed by atoms with Crippen LogP contribution in [0.4, 0.5) is 4.39 Å². The van der Waals surface area contributed by atoms with Crippen LogP contribution in [0.5, 0.6) is 0 Å². The van der Waals surface area contributed by atoms with Gasteiger partial charge in [-0.05, 0) is 76.0 Å². The number of carbonyl (C=O) groups is 2. The summed E-state index contributed by atoms with van der Waals surface area (Å²) in [4.78, 5) is 31.7. The Labute approximate surface area is 189 Å². The van der Waals surface area contributed by atoms with Gasteiger partial charge in [-0.1, -0.05) is 12.1 Å². The predicted octanol–water partition coefficient (Wildman–Crippen LogP) is 5.34. The summed E-state index contributed by atoms with van der Waals surface area (Å²) in [5, 5.41) is 0. The number of benzene rings is 1. The van der Waals surface area contributed by atoms with Crippen molar-refractivity contribution in [1.29, 1.82) is 0 Å². The third-order valence-corrected chi connectivity index (χ3v) is 3.79. The van der Waals surface area contributed by atoms with Crippen molar-refractivity contribution in [2.24, 2.45) is 9.98 Å². The molecule has 0 unspecified atom stereocenters. The molecule has 0 saturated heterocycles. The summed E-state index contributed by atoms with van der Waals surface area (Å²) < 4.78 is 22.9. The van der Waals surface area contributed by atoms with E-state index < -0.39 is 11.6 Å². The number of hydrogen-bond donors (Lipinski definition) is 0. The summed E-state index contributed by atoms with van der Waals surface area (Å²) in [6.45, 7) is 5.54. The van der Waals surface area contributed by atoms with Crippen LogP contribution in [-0.4, -0.2) is 37.1 Å². The largest absolute Gasteiger partial charge is 0.465 e. The number of carbonyl (C=O) groups excluding carboxylic acids is 2. The van der Waals surface area contributed by atoms with Crippen LogP contribution in [0.15, 0.2) is 70.5 Å². The topological polar surface area (TPSA) is 77.3 Å². The fourth-order valence-electron chi connectivity index (χ4n) is 2.34. The lowest BCUT2D eigenvalue weighted by molar-refractivity contribution is -0.154. The van der Waals surface area contributed by atoms with Gasteiger partial charge in [-0.15, -0.1) is 0 Å². The Morgan fingerprint density at radius 1 is 1.06 bits per heavy atom. The molecule has 0 radical (unpaired) electrons. The highest BCUT2D eigenvalue weighted by molar-refractivity contribution is 5.91. The fraction of sp³-hybridized carbons (Fsp3) is 0.360.